The van der Waals surface area contributed by atoms with E-state index in [1.807, 2.05) is 12.1 Å². The molecule has 6 N–H and O–H groups in total. The van der Waals surface area contributed by atoms with E-state index >= 15 is 0 Å². The molecule has 0 saturated carbocycles. The molecule has 1 aliphatic rings. The van der Waals surface area contributed by atoms with Crippen molar-refractivity contribution in [3.8, 4) is 0 Å². The number of ether oxygens (including phenoxy) is 1. The Hall–Kier alpha value is -3.59. The zero-order chi connectivity index (χ0) is 25.8. The summed E-state index contributed by atoms with van der Waals surface area (Å²) in [6.45, 7) is 7.41. The van der Waals surface area contributed by atoms with Gasteiger partial charge in [0, 0.05) is 5.56 Å². The molecule has 0 bridgehead atoms. The number of carbonyl (C=O) groups excluding carboxylic acids is 3. The van der Waals surface area contributed by atoms with Crippen molar-refractivity contribution in [1.29, 1.82) is 0 Å². The molecular formula is C26H34ClN5O4. The van der Waals surface area contributed by atoms with Crippen LogP contribution >= 0.6 is 0 Å². The summed E-state index contributed by atoms with van der Waals surface area (Å²) in [5.74, 6) is -1.26. The SMILES string of the molecule is COC(=O)c1ccc(NC(=O)C2CCC[N+](=C(N)N)C2)c(NC(=O)c2ccc(C(C)(C)C)cc2)c1.[Cl-]. The first-order chi connectivity index (χ1) is 16.5. The summed E-state index contributed by atoms with van der Waals surface area (Å²) in [7, 11) is 1.28. The average Bonchev–Trinajstić information content (AvgIpc) is 2.84. The molecule has 1 heterocycles. The number of halogens is 1. The van der Waals surface area contributed by atoms with Crippen LogP contribution in [0.5, 0.6) is 0 Å². The topological polar surface area (TPSA) is 140 Å². The van der Waals surface area contributed by atoms with Crippen LogP contribution in [0.1, 0.15) is 59.9 Å². The fourth-order valence-electron chi connectivity index (χ4n) is 3.98. The number of hydrogen-bond acceptors (Lipinski definition) is 4. The minimum Gasteiger partial charge on any atom is -1.00 e. The molecule has 0 radical (unpaired) electrons. The van der Waals surface area contributed by atoms with Gasteiger partial charge in [0.1, 0.15) is 0 Å². The van der Waals surface area contributed by atoms with Gasteiger partial charge in [-0.05, 0) is 54.2 Å². The quantitative estimate of drug-likeness (QED) is 0.244. The number of guanidine groups is 1. The third-order valence-electron chi connectivity index (χ3n) is 6.12. The molecule has 0 aliphatic carbocycles. The predicted octanol–water partition coefficient (Wildman–Crippen LogP) is -0.339. The van der Waals surface area contributed by atoms with E-state index < -0.39 is 5.97 Å². The zero-order valence-corrected chi connectivity index (χ0v) is 21.8. The van der Waals surface area contributed by atoms with Crippen LogP contribution in [0.15, 0.2) is 42.5 Å². The molecular weight excluding hydrogens is 482 g/mol. The Morgan fingerprint density at radius 2 is 1.61 bits per heavy atom. The minimum absolute atomic E-state index is 0. The Morgan fingerprint density at radius 1 is 0.972 bits per heavy atom. The van der Waals surface area contributed by atoms with Gasteiger partial charge < -0.3 is 27.8 Å². The van der Waals surface area contributed by atoms with E-state index in [1.54, 1.807) is 22.8 Å². The van der Waals surface area contributed by atoms with Crippen molar-refractivity contribution in [2.45, 2.75) is 39.0 Å². The number of hydrogen-bond donors (Lipinski definition) is 4. The summed E-state index contributed by atoms with van der Waals surface area (Å²) >= 11 is 0. The molecule has 194 valence electrons. The number of anilines is 2. The van der Waals surface area contributed by atoms with Crippen LogP contribution < -0.4 is 34.5 Å². The summed E-state index contributed by atoms with van der Waals surface area (Å²) in [5.41, 5.74) is 13.9. The summed E-state index contributed by atoms with van der Waals surface area (Å²) in [5, 5.41) is 5.71. The maximum atomic E-state index is 13.0. The maximum Gasteiger partial charge on any atom is 0.341 e. The number of esters is 1. The van der Waals surface area contributed by atoms with Crippen LogP contribution in [-0.2, 0) is 14.9 Å². The standard InChI is InChI=1S/C26H33N5O4.ClH/c1-26(2,3)19-10-7-16(8-11-19)22(32)30-21-14-17(24(34)35-4)9-12-20(21)29-23(33)18-6-5-13-31(15-18)25(27)28;/h7-12,14,18H,5-6,13,15H2,1-4H3,(H5,27,28,29,30,32,33,34);1H. The number of carbonyl (C=O) groups is 3. The average molecular weight is 516 g/mol. The number of piperidine rings is 1. The Morgan fingerprint density at radius 3 is 2.19 bits per heavy atom. The van der Waals surface area contributed by atoms with Gasteiger partial charge in [0.15, 0.2) is 0 Å². The van der Waals surface area contributed by atoms with Crippen molar-refractivity contribution < 1.29 is 36.1 Å². The van der Waals surface area contributed by atoms with E-state index in [9.17, 15) is 14.4 Å². The fraction of sp³-hybridized carbons (Fsp3) is 0.385. The van der Waals surface area contributed by atoms with E-state index in [2.05, 4.69) is 31.4 Å². The molecule has 1 atom stereocenters. The molecule has 1 saturated heterocycles. The molecule has 3 rings (SSSR count). The summed E-state index contributed by atoms with van der Waals surface area (Å²) < 4.78 is 6.58. The first kappa shape index (κ1) is 28.6. The lowest BCUT2D eigenvalue weighted by Crippen LogP contribution is -3.00. The van der Waals surface area contributed by atoms with Crippen molar-refractivity contribution in [3.63, 3.8) is 0 Å². The number of nitrogens with two attached hydrogens (primary N) is 2. The first-order valence-corrected chi connectivity index (χ1v) is 11.6. The van der Waals surface area contributed by atoms with Crippen LogP contribution in [0.25, 0.3) is 0 Å². The van der Waals surface area contributed by atoms with Gasteiger partial charge in [-0.3, -0.25) is 25.6 Å². The molecule has 0 aromatic heterocycles. The van der Waals surface area contributed by atoms with E-state index in [-0.39, 0.29) is 47.1 Å². The van der Waals surface area contributed by atoms with Crippen molar-refractivity contribution in [2.24, 2.45) is 17.4 Å². The second kappa shape index (κ2) is 11.9. The lowest BCUT2D eigenvalue weighted by atomic mass is 9.87. The fourth-order valence-corrected chi connectivity index (χ4v) is 3.98. The van der Waals surface area contributed by atoms with Crippen molar-refractivity contribution in [2.75, 3.05) is 30.8 Å². The van der Waals surface area contributed by atoms with Gasteiger partial charge >= 0.3 is 11.9 Å². The highest BCUT2D eigenvalue weighted by Crippen LogP contribution is 2.27. The minimum atomic E-state index is -0.551. The lowest BCUT2D eigenvalue weighted by Gasteiger charge is -2.24. The summed E-state index contributed by atoms with van der Waals surface area (Å²) in [4.78, 5) is 38.1. The van der Waals surface area contributed by atoms with Crippen LogP contribution in [-0.4, -0.2) is 48.5 Å². The molecule has 2 aromatic carbocycles. The molecule has 0 spiro atoms. The number of amides is 2. The van der Waals surface area contributed by atoms with Gasteiger partial charge in [-0.15, -0.1) is 0 Å². The largest absolute Gasteiger partial charge is 1.00 e. The molecule has 10 heteroatoms. The van der Waals surface area contributed by atoms with Gasteiger partial charge in [0.05, 0.1) is 43.1 Å². The Labute approximate surface area is 217 Å². The molecule has 1 unspecified atom stereocenters. The number of nitrogens with one attached hydrogen (secondary N) is 2. The number of methoxy groups -OCH3 is 1. The van der Waals surface area contributed by atoms with Crippen molar-refractivity contribution in [1.82, 2.24) is 0 Å². The van der Waals surface area contributed by atoms with Gasteiger partial charge in [0.25, 0.3) is 5.91 Å². The molecule has 1 aliphatic heterocycles. The van der Waals surface area contributed by atoms with E-state index in [0.717, 1.165) is 12.0 Å². The van der Waals surface area contributed by atoms with Gasteiger partial charge in [-0.2, -0.15) is 0 Å². The highest BCUT2D eigenvalue weighted by molar-refractivity contribution is 6.08. The predicted molar refractivity (Wildman–Crippen MR) is 136 cm³/mol. The van der Waals surface area contributed by atoms with Gasteiger partial charge in [-0.25, -0.2) is 4.79 Å². The van der Waals surface area contributed by atoms with Crippen LogP contribution in [0, 0.1) is 5.92 Å². The van der Waals surface area contributed by atoms with Gasteiger partial charge in [-0.1, -0.05) is 32.9 Å². The Kier molecular flexibility index (Phi) is 9.47. The highest BCUT2D eigenvalue weighted by atomic mass is 35.5. The van der Waals surface area contributed by atoms with E-state index in [1.165, 1.54) is 19.2 Å². The highest BCUT2D eigenvalue weighted by Gasteiger charge is 2.27. The monoisotopic (exact) mass is 515 g/mol. The number of rotatable bonds is 5. The van der Waals surface area contributed by atoms with Crippen molar-refractivity contribution in [3.05, 3.63) is 59.2 Å². The molecule has 2 aromatic rings. The smallest absolute Gasteiger partial charge is 0.341 e. The third kappa shape index (κ3) is 6.97. The molecule has 2 amide bonds. The van der Waals surface area contributed by atoms with E-state index in [4.69, 9.17) is 16.2 Å². The number of benzene rings is 2. The first-order valence-electron chi connectivity index (χ1n) is 11.6. The summed E-state index contributed by atoms with van der Waals surface area (Å²) in [6.07, 6.45) is 1.48. The Bertz CT molecular complexity index is 1150. The zero-order valence-electron chi connectivity index (χ0n) is 21.1. The molecule has 9 nitrogen and oxygen atoms in total. The Balaban J connectivity index is 0.00000456. The summed E-state index contributed by atoms with van der Waals surface area (Å²) in [6, 6.07) is 11.9. The van der Waals surface area contributed by atoms with Crippen LogP contribution in [0.2, 0.25) is 0 Å². The van der Waals surface area contributed by atoms with Crippen LogP contribution in [0.3, 0.4) is 0 Å². The number of nitrogens with zero attached hydrogens (tertiary/aromatic N) is 1. The maximum absolute atomic E-state index is 13.0. The second-order valence-corrected chi connectivity index (χ2v) is 9.73. The van der Waals surface area contributed by atoms with Crippen LogP contribution in [0.4, 0.5) is 11.4 Å². The van der Waals surface area contributed by atoms with Crippen molar-refractivity contribution >= 4 is 35.1 Å². The van der Waals surface area contributed by atoms with Gasteiger partial charge in [0.2, 0.25) is 5.91 Å². The normalized spacial score (nSPS) is 15.3. The third-order valence-corrected chi connectivity index (χ3v) is 6.12. The molecule has 1 fully saturated rings. The van der Waals surface area contributed by atoms with E-state index in [0.29, 0.717) is 36.4 Å². The lowest BCUT2D eigenvalue weighted by molar-refractivity contribution is -0.544. The second-order valence-electron chi connectivity index (χ2n) is 9.73. The molecule has 36 heavy (non-hydrogen) atoms.